The van der Waals surface area contributed by atoms with Gasteiger partial charge in [-0.15, -0.1) is 13.2 Å². The highest BCUT2D eigenvalue weighted by atomic mass is 16.4. The van der Waals surface area contributed by atoms with Crippen LogP contribution in [0.25, 0.3) is 0 Å². The van der Waals surface area contributed by atoms with Gasteiger partial charge >= 0.3 is 11.9 Å². The van der Waals surface area contributed by atoms with Crippen molar-refractivity contribution in [3.63, 3.8) is 0 Å². The number of hydrogen-bond donors (Lipinski definition) is 5. The summed E-state index contributed by atoms with van der Waals surface area (Å²) in [6.07, 6.45) is -0.954. The minimum absolute atomic E-state index is 0.190. The first-order chi connectivity index (χ1) is 9.43. The Morgan fingerprint density at radius 2 is 1.25 bits per heavy atom. The summed E-state index contributed by atoms with van der Waals surface area (Å²) in [7, 11) is 0. The molecule has 0 fully saturated rings. The number of hydrogen-bond acceptors (Lipinski definition) is 5. The number of aromatic carboxylic acids is 2. The molecular weight excluding hydrogens is 268 g/mol. The second-order valence-electron chi connectivity index (χ2n) is 3.17. The number of aliphatic hydroxyl groups excluding tert-OH is 3. The van der Waals surface area contributed by atoms with Crippen LogP contribution in [0.2, 0.25) is 0 Å². The summed E-state index contributed by atoms with van der Waals surface area (Å²) in [5, 5.41) is 41.1. The fraction of sp³-hybridized carbons (Fsp3) is 0.231. The van der Waals surface area contributed by atoms with Crippen LogP contribution in [0.4, 0.5) is 0 Å². The molecule has 0 aliphatic heterocycles. The summed E-state index contributed by atoms with van der Waals surface area (Å²) in [5.74, 6) is -2.46. The monoisotopic (exact) mass is 286 g/mol. The Morgan fingerprint density at radius 3 is 1.40 bits per heavy atom. The predicted molar refractivity (Wildman–Crippen MR) is 71.8 cm³/mol. The maximum atomic E-state index is 10.5. The van der Waals surface area contributed by atoms with Crippen LogP contribution in [0.5, 0.6) is 0 Å². The molecule has 112 valence electrons. The van der Waals surface area contributed by atoms with Gasteiger partial charge in [0.15, 0.2) is 0 Å². The lowest BCUT2D eigenvalue weighted by Crippen LogP contribution is -2.15. The Hall–Kier alpha value is -2.22. The molecule has 0 heterocycles. The predicted octanol–water partition coefficient (Wildman–Crippen LogP) is 0.217. The first-order valence-electron chi connectivity index (χ1n) is 5.39. The normalized spacial score (nSPS) is 8.80. The Labute approximate surface area is 116 Å². The van der Waals surface area contributed by atoms with Crippen molar-refractivity contribution in [2.75, 3.05) is 13.2 Å². The van der Waals surface area contributed by atoms with Crippen LogP contribution in [-0.2, 0) is 0 Å². The number of carboxylic acid groups (broad SMARTS) is 2. The number of rotatable bonds is 4. The first kappa shape index (κ1) is 20.1. The zero-order chi connectivity index (χ0) is 16.1. The van der Waals surface area contributed by atoms with E-state index in [1.54, 1.807) is 0 Å². The molecule has 20 heavy (non-hydrogen) atoms. The average molecular weight is 286 g/mol. The van der Waals surface area contributed by atoms with E-state index in [1.165, 1.54) is 24.3 Å². The Balaban J connectivity index is 0. The van der Waals surface area contributed by atoms with Gasteiger partial charge in [-0.25, -0.2) is 9.59 Å². The minimum atomic E-state index is -1.23. The van der Waals surface area contributed by atoms with Crippen molar-refractivity contribution in [1.29, 1.82) is 0 Å². The fourth-order valence-corrected chi connectivity index (χ4v) is 0.914. The van der Waals surface area contributed by atoms with Crippen molar-refractivity contribution in [3.8, 4) is 0 Å². The molecule has 1 aromatic rings. The Bertz CT molecular complexity index is 380. The van der Waals surface area contributed by atoms with E-state index in [0.717, 1.165) is 0 Å². The van der Waals surface area contributed by atoms with Gasteiger partial charge in [0.1, 0.15) is 6.10 Å². The molecule has 7 heteroatoms. The summed E-state index contributed by atoms with van der Waals surface area (Å²) in [4.78, 5) is 20.9. The van der Waals surface area contributed by atoms with Crippen molar-refractivity contribution >= 4 is 11.9 Å². The molecule has 0 spiro atoms. The second-order valence-corrected chi connectivity index (χ2v) is 3.17. The van der Waals surface area contributed by atoms with Crippen molar-refractivity contribution in [1.82, 2.24) is 0 Å². The highest BCUT2D eigenvalue weighted by Crippen LogP contribution is 2.07. The zero-order valence-electron chi connectivity index (χ0n) is 10.8. The van der Waals surface area contributed by atoms with E-state index >= 15 is 0 Å². The van der Waals surface area contributed by atoms with Gasteiger partial charge in [-0.05, 0) is 12.1 Å². The molecule has 0 aliphatic rings. The third-order valence-corrected chi connectivity index (χ3v) is 1.81. The van der Waals surface area contributed by atoms with Crippen molar-refractivity contribution in [2.45, 2.75) is 6.10 Å². The van der Waals surface area contributed by atoms with Crippen LogP contribution in [0.3, 0.4) is 0 Å². The average Bonchev–Trinajstić information content (AvgIpc) is 2.48. The van der Waals surface area contributed by atoms with Gasteiger partial charge in [-0.2, -0.15) is 0 Å². The summed E-state index contributed by atoms with van der Waals surface area (Å²) in [6.45, 7) is 5.27. The topological polar surface area (TPSA) is 135 Å². The molecule has 0 saturated heterocycles. The lowest BCUT2D eigenvalue weighted by atomic mass is 10.1. The molecule has 0 amide bonds. The summed E-state index contributed by atoms with van der Waals surface area (Å²) in [5.41, 5.74) is -0.380. The van der Waals surface area contributed by atoms with Gasteiger partial charge in [0.05, 0.1) is 24.3 Å². The molecule has 1 rings (SSSR count). The third-order valence-electron chi connectivity index (χ3n) is 1.81. The van der Waals surface area contributed by atoms with E-state index in [0.29, 0.717) is 0 Å². The maximum absolute atomic E-state index is 10.5. The van der Waals surface area contributed by atoms with Gasteiger partial charge in [0.25, 0.3) is 0 Å². The molecule has 0 aromatic heterocycles. The lowest BCUT2D eigenvalue weighted by molar-refractivity contribution is 0.0450. The van der Waals surface area contributed by atoms with E-state index in [9.17, 15) is 9.59 Å². The molecule has 0 radical (unpaired) electrons. The van der Waals surface area contributed by atoms with Gasteiger partial charge < -0.3 is 25.5 Å². The molecule has 0 bridgehead atoms. The lowest BCUT2D eigenvalue weighted by Gasteiger charge is -1.98. The summed E-state index contributed by atoms with van der Waals surface area (Å²) >= 11 is 0. The largest absolute Gasteiger partial charge is 0.478 e. The van der Waals surface area contributed by atoms with Gasteiger partial charge in [0, 0.05) is 0 Å². The molecule has 0 unspecified atom stereocenters. The number of carbonyl (C=O) groups is 2. The van der Waals surface area contributed by atoms with Crippen LogP contribution in [-0.4, -0.2) is 56.8 Å². The van der Waals surface area contributed by atoms with Gasteiger partial charge in [-0.1, -0.05) is 12.1 Å². The Kier molecular flexibility index (Phi) is 11.9. The number of benzene rings is 1. The third kappa shape index (κ3) is 7.98. The quantitative estimate of drug-likeness (QED) is 0.499. The van der Waals surface area contributed by atoms with E-state index in [2.05, 4.69) is 13.2 Å². The fourth-order valence-electron chi connectivity index (χ4n) is 0.914. The van der Waals surface area contributed by atoms with Gasteiger partial charge in [0.2, 0.25) is 0 Å². The molecular formula is C13H18O7. The van der Waals surface area contributed by atoms with E-state index in [-0.39, 0.29) is 24.3 Å². The maximum Gasteiger partial charge on any atom is 0.336 e. The highest BCUT2D eigenvalue weighted by Gasteiger charge is 2.13. The number of carboxylic acids is 2. The van der Waals surface area contributed by atoms with Crippen molar-refractivity contribution in [2.24, 2.45) is 0 Å². The first-order valence-corrected chi connectivity index (χ1v) is 5.39. The molecule has 7 nitrogen and oxygen atoms in total. The summed E-state index contributed by atoms with van der Waals surface area (Å²) in [6, 6.07) is 5.48. The summed E-state index contributed by atoms with van der Waals surface area (Å²) < 4.78 is 0. The second kappa shape index (κ2) is 11.8. The molecule has 0 atom stereocenters. The minimum Gasteiger partial charge on any atom is -0.478 e. The van der Waals surface area contributed by atoms with Crippen LogP contribution in [0.1, 0.15) is 20.7 Å². The molecule has 5 N–H and O–H groups in total. The highest BCUT2D eigenvalue weighted by molar-refractivity contribution is 6.01. The zero-order valence-corrected chi connectivity index (χ0v) is 10.8. The van der Waals surface area contributed by atoms with E-state index < -0.39 is 18.0 Å². The Morgan fingerprint density at radius 1 is 0.950 bits per heavy atom. The van der Waals surface area contributed by atoms with E-state index in [4.69, 9.17) is 25.5 Å². The van der Waals surface area contributed by atoms with Gasteiger partial charge in [-0.3, -0.25) is 0 Å². The van der Waals surface area contributed by atoms with Crippen LogP contribution >= 0.6 is 0 Å². The van der Waals surface area contributed by atoms with Crippen LogP contribution in [0, 0.1) is 0 Å². The standard InChI is InChI=1S/C8H6O4.C3H8O3.C2H4/c9-7(10)5-3-1-2-4-6(5)8(11)12;4-1-3(6)2-5;1-2/h1-4H,(H,9,10)(H,11,12);3-6H,1-2H2;1-2H2. The van der Waals surface area contributed by atoms with Crippen molar-refractivity contribution in [3.05, 3.63) is 48.6 Å². The molecule has 0 aliphatic carbocycles. The smallest absolute Gasteiger partial charge is 0.336 e. The van der Waals surface area contributed by atoms with Crippen LogP contribution < -0.4 is 0 Å². The molecule has 0 saturated carbocycles. The van der Waals surface area contributed by atoms with Crippen molar-refractivity contribution < 1.29 is 35.1 Å². The SMILES string of the molecule is C=C.O=C(O)c1ccccc1C(=O)O.OCC(O)CO. The van der Waals surface area contributed by atoms with E-state index in [1.807, 2.05) is 0 Å². The molecule has 1 aromatic carbocycles. The van der Waals surface area contributed by atoms with Crippen LogP contribution in [0.15, 0.2) is 37.4 Å². The number of aliphatic hydroxyl groups is 3.